The number of rotatable bonds is 4. The van der Waals surface area contributed by atoms with Crippen LogP contribution in [0.5, 0.6) is 5.75 Å². The Balaban J connectivity index is 1.45. The Morgan fingerprint density at radius 3 is 2.45 bits per heavy atom. The molecule has 1 fully saturated rings. The van der Waals surface area contributed by atoms with Gasteiger partial charge < -0.3 is 15.8 Å². The van der Waals surface area contributed by atoms with Gasteiger partial charge in [-0.1, -0.05) is 0 Å². The number of hydrogen-bond acceptors (Lipinski definition) is 6. The average molecular weight is 454 g/mol. The van der Waals surface area contributed by atoms with E-state index >= 15 is 0 Å². The molecule has 3 aromatic heterocycles. The Labute approximate surface area is 187 Å². The van der Waals surface area contributed by atoms with Crippen molar-refractivity contribution in [1.29, 1.82) is 0 Å². The predicted molar refractivity (Wildman–Crippen MR) is 118 cm³/mol. The van der Waals surface area contributed by atoms with Crippen molar-refractivity contribution in [2.75, 3.05) is 18.8 Å². The van der Waals surface area contributed by atoms with E-state index in [4.69, 9.17) is 10.5 Å². The third-order valence-corrected chi connectivity index (χ3v) is 5.62. The average Bonchev–Trinajstić information content (AvgIpc) is 3.23. The first-order chi connectivity index (χ1) is 15.9. The van der Waals surface area contributed by atoms with Crippen molar-refractivity contribution in [3.05, 3.63) is 60.4 Å². The molecule has 10 heteroatoms. The predicted octanol–water partition coefficient (Wildman–Crippen LogP) is 4.19. The second kappa shape index (κ2) is 8.36. The van der Waals surface area contributed by atoms with Crippen molar-refractivity contribution in [1.82, 2.24) is 24.9 Å². The van der Waals surface area contributed by atoms with Gasteiger partial charge in [0.15, 0.2) is 5.65 Å². The third-order valence-electron chi connectivity index (χ3n) is 5.62. The number of imidazole rings is 1. The SMILES string of the molecule is Nc1ncc(-c2cnc3ccc(-c4ccc(OC5CCNCC5)cc4)nn23)cc1C(F)(F)F. The van der Waals surface area contributed by atoms with E-state index in [0.717, 1.165) is 43.3 Å². The molecule has 170 valence electrons. The van der Waals surface area contributed by atoms with Crippen LogP contribution in [0.3, 0.4) is 0 Å². The molecule has 1 aliphatic heterocycles. The molecule has 1 saturated heterocycles. The molecule has 0 radical (unpaired) electrons. The Morgan fingerprint density at radius 1 is 0.970 bits per heavy atom. The Hall–Kier alpha value is -3.66. The summed E-state index contributed by atoms with van der Waals surface area (Å²) < 4.78 is 47.4. The summed E-state index contributed by atoms with van der Waals surface area (Å²) in [4.78, 5) is 7.98. The fraction of sp³-hybridized carbons (Fsp3) is 0.261. The minimum Gasteiger partial charge on any atom is -0.490 e. The molecule has 0 aliphatic carbocycles. The zero-order valence-corrected chi connectivity index (χ0v) is 17.5. The van der Waals surface area contributed by atoms with E-state index in [9.17, 15) is 13.2 Å². The summed E-state index contributed by atoms with van der Waals surface area (Å²) >= 11 is 0. The van der Waals surface area contributed by atoms with Crippen LogP contribution in [0.1, 0.15) is 18.4 Å². The van der Waals surface area contributed by atoms with E-state index < -0.39 is 17.6 Å². The Kier molecular flexibility index (Phi) is 5.37. The van der Waals surface area contributed by atoms with Gasteiger partial charge in [0, 0.05) is 17.3 Å². The molecule has 5 rings (SSSR count). The zero-order chi connectivity index (χ0) is 23.0. The van der Waals surface area contributed by atoms with Crippen molar-refractivity contribution >= 4 is 11.5 Å². The summed E-state index contributed by atoms with van der Waals surface area (Å²) in [5, 5.41) is 7.92. The molecule has 0 unspecified atom stereocenters. The molecule has 4 aromatic rings. The standard InChI is InChI=1S/C23H21F3N6O/c24-23(25,26)18-11-15(12-30-22(18)27)20-13-29-21-6-5-19(31-32(20)21)14-1-3-16(4-2-14)33-17-7-9-28-10-8-17/h1-6,11-13,17,28H,7-10H2,(H2,27,30). The minimum absolute atomic E-state index is 0.204. The first kappa shape index (κ1) is 21.2. The first-order valence-corrected chi connectivity index (χ1v) is 10.5. The van der Waals surface area contributed by atoms with Crippen molar-refractivity contribution in [3.8, 4) is 28.3 Å². The molecule has 0 bridgehead atoms. The maximum absolute atomic E-state index is 13.3. The van der Waals surface area contributed by atoms with Crippen LogP contribution >= 0.6 is 0 Å². The topological polar surface area (TPSA) is 90.4 Å². The number of anilines is 1. The number of pyridine rings is 1. The fourth-order valence-corrected chi connectivity index (χ4v) is 3.88. The minimum atomic E-state index is -4.61. The maximum Gasteiger partial charge on any atom is 0.419 e. The number of aromatic nitrogens is 4. The van der Waals surface area contributed by atoms with Gasteiger partial charge in [-0.2, -0.15) is 18.3 Å². The number of ether oxygens (including phenoxy) is 1. The van der Waals surface area contributed by atoms with Gasteiger partial charge in [0.25, 0.3) is 0 Å². The van der Waals surface area contributed by atoms with E-state index in [2.05, 4.69) is 20.4 Å². The summed E-state index contributed by atoms with van der Waals surface area (Å²) in [6.45, 7) is 1.90. The number of benzene rings is 1. The second-order valence-corrected chi connectivity index (χ2v) is 7.88. The molecule has 0 atom stereocenters. The van der Waals surface area contributed by atoms with Crippen LogP contribution in [-0.2, 0) is 6.18 Å². The van der Waals surface area contributed by atoms with Gasteiger partial charge >= 0.3 is 6.18 Å². The van der Waals surface area contributed by atoms with Crippen LogP contribution in [0.15, 0.2) is 54.9 Å². The van der Waals surface area contributed by atoms with Crippen LogP contribution in [0.2, 0.25) is 0 Å². The number of nitrogens with zero attached hydrogens (tertiary/aromatic N) is 4. The van der Waals surface area contributed by atoms with E-state index in [1.165, 1.54) is 16.9 Å². The molecule has 1 aromatic carbocycles. The molecule has 7 nitrogen and oxygen atoms in total. The largest absolute Gasteiger partial charge is 0.490 e. The molecule has 3 N–H and O–H groups in total. The monoisotopic (exact) mass is 454 g/mol. The highest BCUT2D eigenvalue weighted by Gasteiger charge is 2.34. The molecule has 4 heterocycles. The number of nitrogens with one attached hydrogen (secondary N) is 1. The number of nitrogens with two attached hydrogens (primary N) is 1. The van der Waals surface area contributed by atoms with Crippen molar-refractivity contribution in [2.24, 2.45) is 0 Å². The van der Waals surface area contributed by atoms with E-state index in [-0.39, 0.29) is 11.7 Å². The third kappa shape index (κ3) is 4.34. The normalized spacial score (nSPS) is 15.1. The summed E-state index contributed by atoms with van der Waals surface area (Å²) in [6, 6.07) is 12.2. The number of hydrogen-bond donors (Lipinski definition) is 2. The fourth-order valence-electron chi connectivity index (χ4n) is 3.88. The maximum atomic E-state index is 13.3. The van der Waals surface area contributed by atoms with Gasteiger partial charge in [0.05, 0.1) is 23.1 Å². The van der Waals surface area contributed by atoms with Gasteiger partial charge in [-0.25, -0.2) is 14.5 Å². The van der Waals surface area contributed by atoms with E-state index in [0.29, 0.717) is 17.0 Å². The quantitative estimate of drug-likeness (QED) is 0.481. The zero-order valence-electron chi connectivity index (χ0n) is 17.5. The van der Waals surface area contributed by atoms with Crippen LogP contribution in [-0.4, -0.2) is 38.8 Å². The molecular weight excluding hydrogens is 433 g/mol. The number of fused-ring (bicyclic) bond motifs is 1. The van der Waals surface area contributed by atoms with Crippen molar-refractivity contribution < 1.29 is 17.9 Å². The number of halogens is 3. The smallest absolute Gasteiger partial charge is 0.419 e. The lowest BCUT2D eigenvalue weighted by Gasteiger charge is -2.23. The van der Waals surface area contributed by atoms with Crippen LogP contribution in [0.25, 0.3) is 28.2 Å². The van der Waals surface area contributed by atoms with E-state index in [1.807, 2.05) is 30.3 Å². The number of alkyl halides is 3. The molecular formula is C23H21F3N6O. The lowest BCUT2D eigenvalue weighted by atomic mass is 10.1. The van der Waals surface area contributed by atoms with Crippen LogP contribution in [0, 0.1) is 0 Å². The molecule has 1 aliphatic rings. The van der Waals surface area contributed by atoms with Crippen molar-refractivity contribution in [3.63, 3.8) is 0 Å². The van der Waals surface area contributed by atoms with Crippen molar-refractivity contribution in [2.45, 2.75) is 25.1 Å². The van der Waals surface area contributed by atoms with Crippen LogP contribution in [0.4, 0.5) is 19.0 Å². The highest BCUT2D eigenvalue weighted by atomic mass is 19.4. The lowest BCUT2D eigenvalue weighted by Crippen LogP contribution is -2.34. The van der Waals surface area contributed by atoms with Crippen LogP contribution < -0.4 is 15.8 Å². The summed E-state index contributed by atoms with van der Waals surface area (Å²) in [6.07, 6.45) is 0.295. The molecule has 0 amide bonds. The molecule has 0 saturated carbocycles. The first-order valence-electron chi connectivity index (χ1n) is 10.5. The van der Waals surface area contributed by atoms with Gasteiger partial charge in [-0.05, 0) is 68.4 Å². The molecule has 33 heavy (non-hydrogen) atoms. The highest BCUT2D eigenvalue weighted by molar-refractivity contribution is 5.67. The van der Waals surface area contributed by atoms with Gasteiger partial charge in [0.1, 0.15) is 17.7 Å². The van der Waals surface area contributed by atoms with Gasteiger partial charge in [-0.3, -0.25) is 0 Å². The van der Waals surface area contributed by atoms with Gasteiger partial charge in [-0.15, -0.1) is 0 Å². The Bertz CT molecular complexity index is 1280. The number of piperidine rings is 1. The highest BCUT2D eigenvalue weighted by Crippen LogP contribution is 2.35. The second-order valence-electron chi connectivity index (χ2n) is 7.88. The molecule has 0 spiro atoms. The summed E-state index contributed by atoms with van der Waals surface area (Å²) in [5.74, 6) is 0.225. The van der Waals surface area contributed by atoms with Gasteiger partial charge in [0.2, 0.25) is 0 Å². The number of nitrogen functional groups attached to an aromatic ring is 1. The summed E-state index contributed by atoms with van der Waals surface area (Å²) in [5.41, 5.74) is 7.05. The Morgan fingerprint density at radius 2 is 1.73 bits per heavy atom. The summed E-state index contributed by atoms with van der Waals surface area (Å²) in [7, 11) is 0. The lowest BCUT2D eigenvalue weighted by molar-refractivity contribution is -0.137. The van der Waals surface area contributed by atoms with E-state index in [1.54, 1.807) is 6.07 Å².